The number of benzene rings is 2. The molecule has 2 aromatic heterocycles. The van der Waals surface area contributed by atoms with Gasteiger partial charge in [0.2, 0.25) is 0 Å². The van der Waals surface area contributed by atoms with E-state index in [9.17, 15) is 9.90 Å². The SMILES string of the molecule is Cc1c(Oc2ccnc3cc(-n4ccnn4)ccc23)cccc1C(=O)O. The standard InChI is InChI=1S/C19H14N4O3/c1-12-14(19(24)25)3-2-4-17(12)26-18-7-8-20-16-11-13(5-6-15(16)18)23-10-9-21-22-23/h2-11H,1H3,(H,24,25). The van der Waals surface area contributed by atoms with Gasteiger partial charge in [-0.2, -0.15) is 0 Å². The molecule has 0 amide bonds. The number of hydrogen-bond donors (Lipinski definition) is 1. The number of carbonyl (C=O) groups is 1. The molecule has 4 aromatic rings. The fraction of sp³-hybridized carbons (Fsp3) is 0.0526. The van der Waals surface area contributed by atoms with Crippen molar-refractivity contribution in [2.75, 3.05) is 0 Å². The second-order valence-corrected chi connectivity index (χ2v) is 5.69. The first kappa shape index (κ1) is 15.8. The average Bonchev–Trinajstić information content (AvgIpc) is 3.18. The van der Waals surface area contributed by atoms with Gasteiger partial charge in [0.1, 0.15) is 11.5 Å². The highest BCUT2D eigenvalue weighted by atomic mass is 16.5. The van der Waals surface area contributed by atoms with Crippen LogP contribution in [0.25, 0.3) is 16.6 Å². The zero-order chi connectivity index (χ0) is 18.1. The summed E-state index contributed by atoms with van der Waals surface area (Å²) in [7, 11) is 0. The largest absolute Gasteiger partial charge is 0.478 e. The summed E-state index contributed by atoms with van der Waals surface area (Å²) in [5.41, 5.74) is 2.37. The first-order valence-electron chi connectivity index (χ1n) is 7.90. The number of rotatable bonds is 4. The minimum atomic E-state index is -0.981. The summed E-state index contributed by atoms with van der Waals surface area (Å²) in [6, 6.07) is 12.4. The fourth-order valence-electron chi connectivity index (χ4n) is 2.76. The Balaban J connectivity index is 1.76. The van der Waals surface area contributed by atoms with E-state index in [2.05, 4.69) is 15.3 Å². The highest BCUT2D eigenvalue weighted by molar-refractivity contribution is 5.90. The highest BCUT2D eigenvalue weighted by Gasteiger charge is 2.13. The number of aromatic carboxylic acids is 1. The van der Waals surface area contributed by atoms with Gasteiger partial charge in [-0.1, -0.05) is 11.3 Å². The quantitative estimate of drug-likeness (QED) is 0.607. The number of aromatic nitrogens is 4. The summed E-state index contributed by atoms with van der Waals surface area (Å²) < 4.78 is 7.65. The van der Waals surface area contributed by atoms with E-state index in [1.807, 2.05) is 18.2 Å². The lowest BCUT2D eigenvalue weighted by atomic mass is 10.1. The van der Waals surface area contributed by atoms with Crippen LogP contribution in [0.4, 0.5) is 0 Å². The van der Waals surface area contributed by atoms with Crippen LogP contribution in [0.15, 0.2) is 61.1 Å². The minimum Gasteiger partial charge on any atom is -0.478 e. The molecule has 2 aromatic carbocycles. The third-order valence-electron chi connectivity index (χ3n) is 4.11. The van der Waals surface area contributed by atoms with Gasteiger partial charge in [0.25, 0.3) is 0 Å². The lowest BCUT2D eigenvalue weighted by molar-refractivity contribution is 0.0695. The molecule has 0 aliphatic rings. The number of hydrogen-bond acceptors (Lipinski definition) is 5. The van der Waals surface area contributed by atoms with Crippen LogP contribution in [0, 0.1) is 6.92 Å². The molecule has 0 radical (unpaired) electrons. The smallest absolute Gasteiger partial charge is 0.336 e. The number of fused-ring (bicyclic) bond motifs is 1. The highest BCUT2D eigenvalue weighted by Crippen LogP contribution is 2.32. The zero-order valence-corrected chi connectivity index (χ0v) is 13.8. The molecule has 4 rings (SSSR count). The molecule has 0 saturated carbocycles. The van der Waals surface area contributed by atoms with Gasteiger partial charge in [0, 0.05) is 17.1 Å². The molecule has 0 saturated heterocycles. The second-order valence-electron chi connectivity index (χ2n) is 5.69. The molecular weight excluding hydrogens is 332 g/mol. The third-order valence-corrected chi connectivity index (χ3v) is 4.11. The monoisotopic (exact) mass is 346 g/mol. The van der Waals surface area contributed by atoms with Gasteiger partial charge in [-0.25, -0.2) is 9.48 Å². The normalized spacial score (nSPS) is 10.8. The Morgan fingerprint density at radius 1 is 1.12 bits per heavy atom. The Morgan fingerprint density at radius 3 is 2.77 bits per heavy atom. The first-order chi connectivity index (χ1) is 12.6. The van der Waals surface area contributed by atoms with Crippen molar-refractivity contribution in [3.8, 4) is 17.2 Å². The molecule has 2 heterocycles. The van der Waals surface area contributed by atoms with E-state index in [4.69, 9.17) is 4.74 Å². The number of nitrogens with zero attached hydrogens (tertiary/aromatic N) is 4. The van der Waals surface area contributed by atoms with E-state index in [-0.39, 0.29) is 5.56 Å². The summed E-state index contributed by atoms with van der Waals surface area (Å²) in [5.74, 6) is 0.119. The molecule has 7 nitrogen and oxygen atoms in total. The van der Waals surface area contributed by atoms with Crippen LogP contribution in [-0.4, -0.2) is 31.1 Å². The van der Waals surface area contributed by atoms with Gasteiger partial charge in [0.15, 0.2) is 0 Å². The lowest BCUT2D eigenvalue weighted by Crippen LogP contribution is -2.01. The van der Waals surface area contributed by atoms with Crippen molar-refractivity contribution < 1.29 is 14.6 Å². The summed E-state index contributed by atoms with van der Waals surface area (Å²) >= 11 is 0. The maximum absolute atomic E-state index is 11.3. The number of carboxylic acid groups (broad SMARTS) is 1. The number of ether oxygens (including phenoxy) is 1. The van der Waals surface area contributed by atoms with E-state index in [1.165, 1.54) is 0 Å². The maximum atomic E-state index is 11.3. The Kier molecular flexibility index (Phi) is 3.81. The van der Waals surface area contributed by atoms with Crippen LogP contribution in [0.2, 0.25) is 0 Å². The Bertz CT molecular complexity index is 1110. The van der Waals surface area contributed by atoms with Crippen molar-refractivity contribution >= 4 is 16.9 Å². The summed E-state index contributed by atoms with van der Waals surface area (Å²) in [5, 5.41) is 17.9. The molecule has 128 valence electrons. The van der Waals surface area contributed by atoms with Crippen molar-refractivity contribution in [2.45, 2.75) is 6.92 Å². The Labute approximate surface area is 148 Å². The van der Waals surface area contributed by atoms with Gasteiger partial charge < -0.3 is 9.84 Å². The van der Waals surface area contributed by atoms with E-state index >= 15 is 0 Å². The van der Waals surface area contributed by atoms with Crippen LogP contribution in [0.1, 0.15) is 15.9 Å². The molecule has 26 heavy (non-hydrogen) atoms. The lowest BCUT2D eigenvalue weighted by Gasteiger charge is -2.12. The van der Waals surface area contributed by atoms with Gasteiger partial charge in [0.05, 0.1) is 29.2 Å². The van der Waals surface area contributed by atoms with Gasteiger partial charge in [-0.3, -0.25) is 4.98 Å². The first-order valence-corrected chi connectivity index (χ1v) is 7.90. The summed E-state index contributed by atoms with van der Waals surface area (Å²) in [4.78, 5) is 15.7. The molecule has 0 fully saturated rings. The van der Waals surface area contributed by atoms with Crippen molar-refractivity contribution in [1.29, 1.82) is 0 Å². The van der Waals surface area contributed by atoms with Crippen LogP contribution < -0.4 is 4.74 Å². The third kappa shape index (κ3) is 2.75. The van der Waals surface area contributed by atoms with Gasteiger partial charge in [-0.05, 0) is 43.3 Å². The summed E-state index contributed by atoms with van der Waals surface area (Å²) in [6.07, 6.45) is 5.01. The number of carboxylic acids is 1. The van der Waals surface area contributed by atoms with E-state index < -0.39 is 5.97 Å². The number of pyridine rings is 1. The molecule has 0 unspecified atom stereocenters. The Hall–Kier alpha value is -3.74. The van der Waals surface area contributed by atoms with Crippen molar-refractivity contribution in [3.63, 3.8) is 0 Å². The van der Waals surface area contributed by atoms with Crippen LogP contribution in [0.5, 0.6) is 11.5 Å². The minimum absolute atomic E-state index is 0.217. The van der Waals surface area contributed by atoms with Crippen molar-refractivity contribution in [3.05, 3.63) is 72.2 Å². The molecule has 7 heteroatoms. The van der Waals surface area contributed by atoms with Crippen LogP contribution in [0.3, 0.4) is 0 Å². The fourth-order valence-corrected chi connectivity index (χ4v) is 2.76. The van der Waals surface area contributed by atoms with Crippen LogP contribution in [-0.2, 0) is 0 Å². The molecule has 0 bridgehead atoms. The predicted molar refractivity (Wildman–Crippen MR) is 94.9 cm³/mol. The van der Waals surface area contributed by atoms with Gasteiger partial charge in [-0.15, -0.1) is 5.10 Å². The van der Waals surface area contributed by atoms with E-state index in [0.717, 1.165) is 16.6 Å². The Morgan fingerprint density at radius 2 is 2.00 bits per heavy atom. The topological polar surface area (TPSA) is 90.1 Å². The van der Waals surface area contributed by atoms with Crippen LogP contribution >= 0.6 is 0 Å². The van der Waals surface area contributed by atoms with Crippen molar-refractivity contribution in [2.24, 2.45) is 0 Å². The van der Waals surface area contributed by atoms with E-state index in [1.54, 1.807) is 54.5 Å². The molecule has 0 aliphatic carbocycles. The molecule has 0 aliphatic heterocycles. The molecular formula is C19H14N4O3. The molecule has 1 N–H and O–H groups in total. The average molecular weight is 346 g/mol. The zero-order valence-electron chi connectivity index (χ0n) is 13.8. The second kappa shape index (κ2) is 6.29. The van der Waals surface area contributed by atoms with E-state index in [0.29, 0.717) is 17.1 Å². The molecule has 0 atom stereocenters. The summed E-state index contributed by atoms with van der Waals surface area (Å²) in [6.45, 7) is 1.73. The van der Waals surface area contributed by atoms with Gasteiger partial charge >= 0.3 is 5.97 Å². The van der Waals surface area contributed by atoms with Crippen molar-refractivity contribution in [1.82, 2.24) is 20.0 Å². The predicted octanol–water partition coefficient (Wildman–Crippen LogP) is 3.61. The molecule has 0 spiro atoms. The maximum Gasteiger partial charge on any atom is 0.336 e.